The maximum atomic E-state index is 4.38. The zero-order valence-corrected chi connectivity index (χ0v) is 21.1. The molecule has 1 fully saturated rings. The molecule has 0 saturated carbocycles. The number of rotatable bonds is 6. The van der Waals surface area contributed by atoms with Gasteiger partial charge in [-0.3, -0.25) is 9.89 Å². The van der Waals surface area contributed by atoms with Gasteiger partial charge < -0.3 is 10.6 Å². The summed E-state index contributed by atoms with van der Waals surface area (Å²) >= 11 is 1.71. The van der Waals surface area contributed by atoms with Gasteiger partial charge in [-0.2, -0.15) is 0 Å². The van der Waals surface area contributed by atoms with Crippen LogP contribution in [0.25, 0.3) is 0 Å². The number of halogens is 1. The maximum Gasteiger partial charge on any atom is 0.191 e. The third-order valence-electron chi connectivity index (χ3n) is 5.13. The number of aromatic nitrogens is 1. The smallest absolute Gasteiger partial charge is 0.191 e. The van der Waals surface area contributed by atoms with E-state index in [-0.39, 0.29) is 24.0 Å². The van der Waals surface area contributed by atoms with Crippen LogP contribution in [0.3, 0.4) is 0 Å². The number of piperidine rings is 1. The molecule has 0 amide bonds. The number of thiazole rings is 1. The predicted octanol–water partition coefficient (Wildman–Crippen LogP) is 4.41. The van der Waals surface area contributed by atoms with Crippen LogP contribution in [-0.2, 0) is 19.6 Å². The second-order valence-corrected chi connectivity index (χ2v) is 9.42. The monoisotopic (exact) mass is 527 g/mol. The molecule has 7 heteroatoms. The van der Waals surface area contributed by atoms with Gasteiger partial charge in [0.2, 0.25) is 0 Å². The highest BCUT2D eigenvalue weighted by Crippen LogP contribution is 2.22. The number of benzene rings is 1. The fraction of sp³-hybridized carbons (Fsp3) is 0.545. The van der Waals surface area contributed by atoms with Crippen molar-refractivity contribution in [3.05, 3.63) is 51.5 Å². The Kier molecular flexibility index (Phi) is 9.85. The minimum atomic E-state index is 0. The van der Waals surface area contributed by atoms with E-state index >= 15 is 0 Å². The number of aliphatic imine (C=N–C) groups is 1. The summed E-state index contributed by atoms with van der Waals surface area (Å²) in [6.45, 7) is 11.8. The van der Waals surface area contributed by atoms with Gasteiger partial charge in [-0.25, -0.2) is 4.98 Å². The quantitative estimate of drug-likeness (QED) is 0.332. The molecule has 3 rings (SSSR count). The molecule has 0 bridgehead atoms. The van der Waals surface area contributed by atoms with Gasteiger partial charge in [-0.05, 0) is 36.3 Å². The van der Waals surface area contributed by atoms with Crippen LogP contribution < -0.4 is 10.6 Å². The van der Waals surface area contributed by atoms with Crippen molar-refractivity contribution in [1.82, 2.24) is 20.5 Å². The Hall–Kier alpha value is -1.19. The summed E-state index contributed by atoms with van der Waals surface area (Å²) in [6.07, 6.45) is 3.27. The first kappa shape index (κ1) is 24.1. The van der Waals surface area contributed by atoms with Crippen LogP contribution in [0.15, 0.2) is 35.5 Å². The standard InChI is InChI=1S/C22H33N5S.HI/c1-16-9-17(2)14-27(13-16)15-20-7-5-19(6-8-20)11-25-22(23-4)26-12-21-24-10-18(3)28-21;/h5-8,10,16-17H,9,11-15H2,1-4H3,(H2,23,25,26);1H. The fourth-order valence-electron chi connectivity index (χ4n) is 3.99. The molecule has 160 valence electrons. The zero-order valence-electron chi connectivity index (χ0n) is 17.9. The molecule has 2 unspecified atom stereocenters. The Morgan fingerprint density at radius 2 is 1.72 bits per heavy atom. The molecule has 1 aromatic heterocycles. The number of likely N-dealkylation sites (tertiary alicyclic amines) is 1. The predicted molar refractivity (Wildman–Crippen MR) is 134 cm³/mol. The molecule has 0 radical (unpaired) electrons. The highest BCUT2D eigenvalue weighted by atomic mass is 127. The third-order valence-corrected chi connectivity index (χ3v) is 6.05. The Morgan fingerprint density at radius 3 is 2.31 bits per heavy atom. The molecule has 0 aliphatic carbocycles. The highest BCUT2D eigenvalue weighted by molar-refractivity contribution is 14.0. The van der Waals surface area contributed by atoms with Gasteiger partial charge in [0, 0.05) is 44.3 Å². The summed E-state index contributed by atoms with van der Waals surface area (Å²) in [4.78, 5) is 12.5. The van der Waals surface area contributed by atoms with Gasteiger partial charge in [0.1, 0.15) is 5.01 Å². The Bertz CT molecular complexity index is 764. The van der Waals surface area contributed by atoms with Crippen LogP contribution >= 0.6 is 35.3 Å². The van der Waals surface area contributed by atoms with E-state index in [9.17, 15) is 0 Å². The average molecular weight is 528 g/mol. The van der Waals surface area contributed by atoms with Gasteiger partial charge in [0.05, 0.1) is 6.54 Å². The van der Waals surface area contributed by atoms with E-state index in [4.69, 9.17) is 0 Å². The summed E-state index contributed by atoms with van der Waals surface area (Å²) in [5.41, 5.74) is 2.66. The van der Waals surface area contributed by atoms with Crippen molar-refractivity contribution in [1.29, 1.82) is 0 Å². The fourth-order valence-corrected chi connectivity index (χ4v) is 4.72. The molecule has 1 aliphatic heterocycles. The van der Waals surface area contributed by atoms with Gasteiger partial charge >= 0.3 is 0 Å². The number of aryl methyl sites for hydroxylation is 1. The summed E-state index contributed by atoms with van der Waals surface area (Å²) < 4.78 is 0. The lowest BCUT2D eigenvalue weighted by Gasteiger charge is -2.35. The minimum Gasteiger partial charge on any atom is -0.352 e. The van der Waals surface area contributed by atoms with Gasteiger partial charge in [0.15, 0.2) is 5.96 Å². The first-order chi connectivity index (χ1) is 13.5. The SMILES string of the molecule is CN=C(NCc1ccc(CN2CC(C)CC(C)C2)cc1)NCc1ncc(C)s1.I. The van der Waals surface area contributed by atoms with Crippen LogP contribution in [0.4, 0.5) is 0 Å². The minimum absolute atomic E-state index is 0. The molecular formula is C22H34IN5S. The lowest BCUT2D eigenvalue weighted by atomic mass is 9.91. The van der Waals surface area contributed by atoms with E-state index < -0.39 is 0 Å². The van der Waals surface area contributed by atoms with Gasteiger partial charge in [0.25, 0.3) is 0 Å². The number of nitrogens with zero attached hydrogens (tertiary/aromatic N) is 3. The normalized spacial score (nSPS) is 20.2. The molecular weight excluding hydrogens is 493 g/mol. The van der Waals surface area contributed by atoms with E-state index in [1.807, 2.05) is 6.20 Å². The number of hydrogen-bond donors (Lipinski definition) is 2. The first-order valence-electron chi connectivity index (χ1n) is 10.2. The van der Waals surface area contributed by atoms with E-state index in [2.05, 4.69) is 70.5 Å². The molecule has 29 heavy (non-hydrogen) atoms. The molecule has 1 aliphatic rings. The highest BCUT2D eigenvalue weighted by Gasteiger charge is 2.21. The Labute approximate surface area is 196 Å². The van der Waals surface area contributed by atoms with Gasteiger partial charge in [-0.15, -0.1) is 35.3 Å². The van der Waals surface area contributed by atoms with Crippen LogP contribution in [0.2, 0.25) is 0 Å². The zero-order chi connectivity index (χ0) is 19.9. The van der Waals surface area contributed by atoms with E-state index in [1.54, 1.807) is 18.4 Å². The third kappa shape index (κ3) is 7.86. The molecule has 2 N–H and O–H groups in total. The summed E-state index contributed by atoms with van der Waals surface area (Å²) in [5, 5.41) is 7.78. The second-order valence-electron chi connectivity index (χ2n) is 8.10. The van der Waals surface area contributed by atoms with E-state index in [0.717, 1.165) is 35.9 Å². The largest absolute Gasteiger partial charge is 0.352 e. The molecule has 2 heterocycles. The van der Waals surface area contributed by atoms with Crippen molar-refractivity contribution in [2.75, 3.05) is 20.1 Å². The lowest BCUT2D eigenvalue weighted by Crippen LogP contribution is -2.38. The Morgan fingerprint density at radius 1 is 1.10 bits per heavy atom. The first-order valence-corrected chi connectivity index (χ1v) is 11.0. The van der Waals surface area contributed by atoms with Crippen molar-refractivity contribution in [2.45, 2.75) is 46.8 Å². The molecule has 2 aromatic rings. The van der Waals surface area contributed by atoms with E-state index in [0.29, 0.717) is 6.54 Å². The molecule has 0 spiro atoms. The van der Waals surface area contributed by atoms with Crippen LogP contribution in [-0.4, -0.2) is 36.0 Å². The molecule has 2 atom stereocenters. The summed E-state index contributed by atoms with van der Waals surface area (Å²) in [6, 6.07) is 8.96. The van der Waals surface area contributed by atoms with Crippen molar-refractivity contribution in [3.63, 3.8) is 0 Å². The van der Waals surface area contributed by atoms with Gasteiger partial charge in [-0.1, -0.05) is 38.1 Å². The average Bonchev–Trinajstić information content (AvgIpc) is 3.07. The second kappa shape index (κ2) is 11.9. The molecule has 1 aromatic carbocycles. The maximum absolute atomic E-state index is 4.38. The summed E-state index contributed by atoms with van der Waals surface area (Å²) in [7, 11) is 1.80. The topological polar surface area (TPSA) is 52.6 Å². The Balaban J connectivity index is 0.00000300. The van der Waals surface area contributed by atoms with Crippen LogP contribution in [0.1, 0.15) is 41.3 Å². The van der Waals surface area contributed by atoms with E-state index in [1.165, 1.54) is 35.5 Å². The van der Waals surface area contributed by atoms with Crippen molar-refractivity contribution in [2.24, 2.45) is 16.8 Å². The number of guanidine groups is 1. The van der Waals surface area contributed by atoms with Crippen molar-refractivity contribution < 1.29 is 0 Å². The van der Waals surface area contributed by atoms with Crippen molar-refractivity contribution >= 4 is 41.3 Å². The summed E-state index contributed by atoms with van der Waals surface area (Å²) in [5.74, 6) is 2.41. The van der Waals surface area contributed by atoms with Crippen molar-refractivity contribution in [3.8, 4) is 0 Å². The molecule has 1 saturated heterocycles. The molecule has 5 nitrogen and oxygen atoms in total. The van der Waals surface area contributed by atoms with Crippen LogP contribution in [0.5, 0.6) is 0 Å². The van der Waals surface area contributed by atoms with Crippen LogP contribution in [0, 0.1) is 18.8 Å². The number of hydrogen-bond acceptors (Lipinski definition) is 4. The number of nitrogens with one attached hydrogen (secondary N) is 2. The lowest BCUT2D eigenvalue weighted by molar-refractivity contribution is 0.134.